The van der Waals surface area contributed by atoms with Crippen LogP contribution in [0.5, 0.6) is 5.75 Å². The molecule has 0 saturated heterocycles. The number of hydrogen-bond acceptors (Lipinski definition) is 6. The first-order valence-electron chi connectivity index (χ1n) is 8.61. The van der Waals surface area contributed by atoms with Crippen molar-refractivity contribution in [2.75, 3.05) is 26.5 Å². The van der Waals surface area contributed by atoms with Crippen molar-refractivity contribution in [2.45, 2.75) is 12.2 Å². The quantitative estimate of drug-likeness (QED) is 0.638. The molecule has 0 atom stereocenters. The second-order valence-electron chi connectivity index (χ2n) is 6.25. The van der Waals surface area contributed by atoms with Gasteiger partial charge >= 0.3 is 5.97 Å². The monoisotopic (exact) mass is 405 g/mol. The molecule has 7 nitrogen and oxygen atoms in total. The average Bonchev–Trinajstić information content (AvgIpc) is 2.66. The van der Waals surface area contributed by atoms with Crippen molar-refractivity contribution in [2.24, 2.45) is 0 Å². The van der Waals surface area contributed by atoms with E-state index in [0.717, 1.165) is 17.6 Å². The van der Waals surface area contributed by atoms with E-state index < -0.39 is 28.3 Å². The molecule has 0 fully saturated rings. The predicted octanol–water partition coefficient (Wildman–Crippen LogP) is 1.76. The fourth-order valence-electron chi connectivity index (χ4n) is 2.55. The minimum absolute atomic E-state index is 0.100. The molecule has 1 amide bonds. The lowest BCUT2D eigenvalue weighted by molar-refractivity contribution is -0.124. The molecule has 0 radical (unpaired) electrons. The highest BCUT2D eigenvalue weighted by atomic mass is 32.2. The fraction of sp³-hybridized carbons (Fsp3) is 0.300. The number of benzene rings is 2. The number of amides is 1. The Bertz CT molecular complexity index is 922. The van der Waals surface area contributed by atoms with Crippen LogP contribution in [0, 0.1) is 0 Å². The molecular formula is C20H23NO6S. The van der Waals surface area contributed by atoms with Gasteiger partial charge in [0.05, 0.1) is 18.4 Å². The Morgan fingerprint density at radius 2 is 1.71 bits per heavy atom. The van der Waals surface area contributed by atoms with Crippen molar-refractivity contribution in [3.05, 3.63) is 65.2 Å². The zero-order valence-corrected chi connectivity index (χ0v) is 16.6. The molecule has 2 aromatic carbocycles. The van der Waals surface area contributed by atoms with Gasteiger partial charge in [0.25, 0.3) is 5.91 Å². The highest BCUT2D eigenvalue weighted by molar-refractivity contribution is 7.89. The molecule has 8 heteroatoms. The van der Waals surface area contributed by atoms with E-state index in [0.29, 0.717) is 18.5 Å². The lowest BCUT2D eigenvalue weighted by atomic mass is 10.1. The molecule has 2 aromatic rings. The van der Waals surface area contributed by atoms with Gasteiger partial charge in [0, 0.05) is 12.8 Å². The van der Waals surface area contributed by atoms with Gasteiger partial charge in [-0.1, -0.05) is 30.3 Å². The van der Waals surface area contributed by atoms with Gasteiger partial charge in [0.15, 0.2) is 16.4 Å². The van der Waals surface area contributed by atoms with Crippen LogP contribution in [-0.4, -0.2) is 46.8 Å². The summed E-state index contributed by atoms with van der Waals surface area (Å²) in [6.45, 7) is -0.00715. The summed E-state index contributed by atoms with van der Waals surface area (Å²) in [5, 5.41) is 2.69. The number of hydrogen-bond donors (Lipinski definition) is 1. The van der Waals surface area contributed by atoms with Gasteiger partial charge in [-0.3, -0.25) is 4.79 Å². The minimum Gasteiger partial charge on any atom is -0.496 e. The van der Waals surface area contributed by atoms with Crippen molar-refractivity contribution in [1.82, 2.24) is 5.32 Å². The smallest absolute Gasteiger partial charge is 0.338 e. The summed E-state index contributed by atoms with van der Waals surface area (Å²) in [6, 6.07) is 13.6. The van der Waals surface area contributed by atoms with Crippen LogP contribution in [0.15, 0.2) is 48.5 Å². The SMILES string of the molecule is COc1ccccc1CCNC(=O)COC(=O)c1ccc(CS(C)(=O)=O)cc1. The predicted molar refractivity (Wildman–Crippen MR) is 105 cm³/mol. The third-order valence-corrected chi connectivity index (χ3v) is 4.72. The third-order valence-electron chi connectivity index (χ3n) is 3.86. The highest BCUT2D eigenvalue weighted by Gasteiger charge is 2.11. The second-order valence-corrected chi connectivity index (χ2v) is 8.40. The fourth-order valence-corrected chi connectivity index (χ4v) is 3.35. The topological polar surface area (TPSA) is 98.8 Å². The number of esters is 1. The van der Waals surface area contributed by atoms with Gasteiger partial charge in [-0.15, -0.1) is 0 Å². The summed E-state index contributed by atoms with van der Waals surface area (Å²) in [5.41, 5.74) is 1.80. The number of nitrogens with one attached hydrogen (secondary N) is 1. The molecule has 0 bridgehead atoms. The Balaban J connectivity index is 1.76. The van der Waals surface area contributed by atoms with E-state index in [1.165, 1.54) is 12.1 Å². The Morgan fingerprint density at radius 1 is 1.04 bits per heavy atom. The van der Waals surface area contributed by atoms with Gasteiger partial charge in [-0.25, -0.2) is 13.2 Å². The van der Waals surface area contributed by atoms with Crippen LogP contribution in [0.3, 0.4) is 0 Å². The second kappa shape index (κ2) is 9.89. The van der Waals surface area contributed by atoms with Crippen molar-refractivity contribution in [3.63, 3.8) is 0 Å². The molecule has 0 aromatic heterocycles. The largest absolute Gasteiger partial charge is 0.496 e. The van der Waals surface area contributed by atoms with E-state index in [1.807, 2.05) is 24.3 Å². The standard InChI is InChI=1S/C20H23NO6S/c1-26-18-6-4-3-5-16(18)11-12-21-19(22)13-27-20(23)17-9-7-15(8-10-17)14-28(2,24)25/h3-10H,11-14H2,1-2H3,(H,21,22). The summed E-state index contributed by atoms with van der Waals surface area (Å²) in [5.74, 6) is -0.401. The maximum absolute atomic E-state index is 12.0. The summed E-state index contributed by atoms with van der Waals surface area (Å²) in [7, 11) is -1.55. The lowest BCUT2D eigenvalue weighted by Gasteiger charge is -2.09. The van der Waals surface area contributed by atoms with Crippen LogP contribution in [0.2, 0.25) is 0 Å². The zero-order valence-electron chi connectivity index (χ0n) is 15.8. The lowest BCUT2D eigenvalue weighted by Crippen LogP contribution is -2.30. The van der Waals surface area contributed by atoms with Gasteiger partial charge in [-0.05, 0) is 35.7 Å². The van der Waals surface area contributed by atoms with Crippen molar-refractivity contribution in [3.8, 4) is 5.75 Å². The molecule has 0 saturated carbocycles. The normalized spacial score (nSPS) is 10.9. The number of rotatable bonds is 9. The summed E-state index contributed by atoms with van der Waals surface area (Å²) in [4.78, 5) is 23.8. The van der Waals surface area contributed by atoms with Crippen molar-refractivity contribution >= 4 is 21.7 Å². The number of sulfone groups is 1. The molecule has 0 aliphatic carbocycles. The van der Waals surface area contributed by atoms with Crippen LogP contribution in [-0.2, 0) is 31.5 Å². The molecule has 0 spiro atoms. The number of ether oxygens (including phenoxy) is 2. The molecule has 1 N–H and O–H groups in total. The Kier molecular flexibility index (Phi) is 7.57. The first-order valence-corrected chi connectivity index (χ1v) is 10.7. The Hall–Kier alpha value is -2.87. The first kappa shape index (κ1) is 21.4. The highest BCUT2D eigenvalue weighted by Crippen LogP contribution is 2.17. The first-order chi connectivity index (χ1) is 13.3. The van der Waals surface area contributed by atoms with Crippen LogP contribution >= 0.6 is 0 Å². The van der Waals surface area contributed by atoms with Crippen LogP contribution in [0.4, 0.5) is 0 Å². The van der Waals surface area contributed by atoms with Crippen molar-refractivity contribution in [1.29, 1.82) is 0 Å². The van der Waals surface area contributed by atoms with Gasteiger partial charge < -0.3 is 14.8 Å². The Morgan fingerprint density at radius 3 is 2.36 bits per heavy atom. The molecule has 0 unspecified atom stereocenters. The van der Waals surface area contributed by atoms with E-state index in [1.54, 1.807) is 19.2 Å². The van der Waals surface area contributed by atoms with E-state index in [2.05, 4.69) is 5.32 Å². The van der Waals surface area contributed by atoms with Gasteiger partial charge in [0.2, 0.25) is 0 Å². The third kappa shape index (κ3) is 7.03. The number of carbonyl (C=O) groups is 2. The molecule has 150 valence electrons. The van der Waals surface area contributed by atoms with Crippen LogP contribution in [0.1, 0.15) is 21.5 Å². The van der Waals surface area contributed by atoms with E-state index in [9.17, 15) is 18.0 Å². The Labute approximate surface area is 164 Å². The zero-order chi connectivity index (χ0) is 20.6. The molecule has 2 rings (SSSR count). The van der Waals surface area contributed by atoms with Crippen LogP contribution in [0.25, 0.3) is 0 Å². The molecule has 28 heavy (non-hydrogen) atoms. The van der Waals surface area contributed by atoms with E-state index in [-0.39, 0.29) is 11.3 Å². The number of para-hydroxylation sites is 1. The maximum Gasteiger partial charge on any atom is 0.338 e. The average molecular weight is 405 g/mol. The van der Waals surface area contributed by atoms with E-state index >= 15 is 0 Å². The van der Waals surface area contributed by atoms with Gasteiger partial charge in [-0.2, -0.15) is 0 Å². The molecule has 0 aliphatic rings. The molecule has 0 aliphatic heterocycles. The summed E-state index contributed by atoms with van der Waals surface area (Å²) >= 11 is 0. The summed E-state index contributed by atoms with van der Waals surface area (Å²) in [6.07, 6.45) is 1.73. The van der Waals surface area contributed by atoms with E-state index in [4.69, 9.17) is 9.47 Å². The van der Waals surface area contributed by atoms with Crippen LogP contribution < -0.4 is 10.1 Å². The molecule has 0 heterocycles. The minimum atomic E-state index is -3.14. The number of methoxy groups -OCH3 is 1. The van der Waals surface area contributed by atoms with Crippen molar-refractivity contribution < 1.29 is 27.5 Å². The summed E-state index contributed by atoms with van der Waals surface area (Å²) < 4.78 is 32.8. The number of carbonyl (C=O) groups excluding carboxylic acids is 2. The maximum atomic E-state index is 12.0. The van der Waals surface area contributed by atoms with Gasteiger partial charge in [0.1, 0.15) is 5.75 Å². The molecular weight excluding hydrogens is 382 g/mol.